The molecule has 0 bridgehead atoms. The van der Waals surface area contributed by atoms with Crippen molar-refractivity contribution in [2.24, 2.45) is 5.92 Å². The molecule has 1 aromatic rings. The Hall–Kier alpha value is -0.690. The summed E-state index contributed by atoms with van der Waals surface area (Å²) in [5.74, 6) is -0.608. The molecule has 1 fully saturated rings. The topological polar surface area (TPSA) is 57.6 Å². The highest BCUT2D eigenvalue weighted by Gasteiger charge is 2.34. The minimum atomic E-state index is -3.87. The van der Waals surface area contributed by atoms with Gasteiger partial charge in [-0.05, 0) is 30.5 Å². The molecule has 0 aromatic heterocycles. The fourth-order valence-corrected chi connectivity index (χ4v) is 4.01. The normalized spacial score (nSPS) is 25.5. The molecule has 0 spiro atoms. The number of halogens is 2. The quantitative estimate of drug-likeness (QED) is 0.907. The van der Waals surface area contributed by atoms with Crippen LogP contribution in [0.1, 0.15) is 13.3 Å². The van der Waals surface area contributed by atoms with E-state index in [4.69, 9.17) is 11.6 Å². The van der Waals surface area contributed by atoms with Gasteiger partial charge < -0.3 is 5.11 Å². The second kappa shape index (κ2) is 5.36. The summed E-state index contributed by atoms with van der Waals surface area (Å²) in [6.07, 6.45) is -0.149. The molecule has 106 valence electrons. The van der Waals surface area contributed by atoms with E-state index in [0.717, 1.165) is 16.4 Å². The Bertz CT molecular complexity index is 578. The predicted octanol–water partition coefficient (Wildman–Crippen LogP) is 1.87. The summed E-state index contributed by atoms with van der Waals surface area (Å²) < 4.78 is 39.1. The van der Waals surface area contributed by atoms with Crippen molar-refractivity contribution in [2.75, 3.05) is 13.1 Å². The van der Waals surface area contributed by atoms with Gasteiger partial charge in [0, 0.05) is 13.1 Å². The second-order valence-electron chi connectivity index (χ2n) is 4.77. The third-order valence-corrected chi connectivity index (χ3v) is 5.74. The van der Waals surface area contributed by atoms with Gasteiger partial charge in [-0.3, -0.25) is 0 Å². The van der Waals surface area contributed by atoms with Gasteiger partial charge in [0.05, 0.1) is 11.1 Å². The number of hydrogen-bond acceptors (Lipinski definition) is 3. The molecular weight excluding hydrogens is 293 g/mol. The molecular formula is C12H15ClFNO3S. The van der Waals surface area contributed by atoms with E-state index in [0.29, 0.717) is 13.0 Å². The molecule has 2 rings (SSSR count). The molecule has 2 unspecified atom stereocenters. The lowest BCUT2D eigenvalue weighted by Gasteiger charge is -2.33. The molecule has 19 heavy (non-hydrogen) atoms. The van der Waals surface area contributed by atoms with Crippen molar-refractivity contribution < 1.29 is 17.9 Å². The number of aliphatic hydroxyl groups is 1. The Morgan fingerprint density at radius 2 is 2.16 bits per heavy atom. The Kier molecular flexibility index (Phi) is 4.15. The number of piperidine rings is 1. The fourth-order valence-electron chi connectivity index (χ4n) is 2.05. The van der Waals surface area contributed by atoms with Crippen molar-refractivity contribution in [3.8, 4) is 0 Å². The van der Waals surface area contributed by atoms with Crippen LogP contribution in [-0.4, -0.2) is 37.0 Å². The molecule has 1 N–H and O–H groups in total. The lowest BCUT2D eigenvalue weighted by atomic mass is 9.98. The molecule has 0 amide bonds. The van der Waals surface area contributed by atoms with Crippen LogP contribution in [0, 0.1) is 11.7 Å². The highest BCUT2D eigenvalue weighted by molar-refractivity contribution is 7.89. The first kappa shape index (κ1) is 14.7. The molecule has 0 aliphatic carbocycles. The standard InChI is InChI=1S/C12H15ClFNO3S/c1-8-4-5-15(7-11(8)16)19(17,18)12-6-9(14)2-3-10(12)13/h2-3,6,8,11,16H,4-5,7H2,1H3. The van der Waals surface area contributed by atoms with Crippen molar-refractivity contribution in [1.82, 2.24) is 4.31 Å². The largest absolute Gasteiger partial charge is 0.391 e. The van der Waals surface area contributed by atoms with E-state index in [-0.39, 0.29) is 22.4 Å². The minimum Gasteiger partial charge on any atom is -0.391 e. The number of hydrogen-bond donors (Lipinski definition) is 1. The Labute approximate surface area is 116 Å². The van der Waals surface area contributed by atoms with E-state index in [2.05, 4.69) is 0 Å². The third kappa shape index (κ3) is 2.91. The summed E-state index contributed by atoms with van der Waals surface area (Å²) in [5.41, 5.74) is 0. The summed E-state index contributed by atoms with van der Waals surface area (Å²) in [5, 5.41) is 9.75. The first-order valence-electron chi connectivity index (χ1n) is 5.95. The van der Waals surface area contributed by atoms with Crippen LogP contribution in [0.3, 0.4) is 0 Å². The van der Waals surface area contributed by atoms with Gasteiger partial charge in [0.2, 0.25) is 10.0 Å². The first-order valence-corrected chi connectivity index (χ1v) is 7.77. The highest BCUT2D eigenvalue weighted by atomic mass is 35.5. The zero-order valence-electron chi connectivity index (χ0n) is 10.4. The summed E-state index contributed by atoms with van der Waals surface area (Å²) in [4.78, 5) is -0.254. The van der Waals surface area contributed by atoms with E-state index in [1.807, 2.05) is 6.92 Å². The summed E-state index contributed by atoms with van der Waals surface area (Å²) in [6.45, 7) is 2.17. The number of aliphatic hydroxyl groups excluding tert-OH is 1. The molecule has 4 nitrogen and oxygen atoms in total. The van der Waals surface area contributed by atoms with Crippen molar-refractivity contribution in [1.29, 1.82) is 0 Å². The number of rotatable bonds is 2. The SMILES string of the molecule is CC1CCN(S(=O)(=O)c2cc(F)ccc2Cl)CC1O. The number of nitrogens with zero attached hydrogens (tertiary/aromatic N) is 1. The zero-order valence-corrected chi connectivity index (χ0v) is 12.0. The van der Waals surface area contributed by atoms with Gasteiger partial charge in [-0.25, -0.2) is 12.8 Å². The molecule has 7 heteroatoms. The molecule has 1 saturated heterocycles. The maximum Gasteiger partial charge on any atom is 0.244 e. The van der Waals surface area contributed by atoms with Gasteiger partial charge in [0.25, 0.3) is 0 Å². The van der Waals surface area contributed by atoms with Crippen LogP contribution in [0.25, 0.3) is 0 Å². The van der Waals surface area contributed by atoms with Gasteiger partial charge >= 0.3 is 0 Å². The van der Waals surface area contributed by atoms with Gasteiger partial charge in [0.1, 0.15) is 10.7 Å². The van der Waals surface area contributed by atoms with E-state index >= 15 is 0 Å². The van der Waals surface area contributed by atoms with Crippen LogP contribution in [0.4, 0.5) is 4.39 Å². The fraction of sp³-hybridized carbons (Fsp3) is 0.500. The highest BCUT2D eigenvalue weighted by Crippen LogP contribution is 2.28. The van der Waals surface area contributed by atoms with Crippen LogP contribution in [0.5, 0.6) is 0 Å². The van der Waals surface area contributed by atoms with Crippen LogP contribution < -0.4 is 0 Å². The Morgan fingerprint density at radius 1 is 1.47 bits per heavy atom. The second-order valence-corrected chi connectivity index (χ2v) is 7.08. The average molecular weight is 308 g/mol. The van der Waals surface area contributed by atoms with Crippen LogP contribution in [0.2, 0.25) is 5.02 Å². The Balaban J connectivity index is 2.35. The molecule has 0 radical (unpaired) electrons. The number of benzene rings is 1. The monoisotopic (exact) mass is 307 g/mol. The van der Waals surface area contributed by atoms with Gasteiger partial charge in [-0.1, -0.05) is 18.5 Å². The van der Waals surface area contributed by atoms with Crippen LogP contribution in [0.15, 0.2) is 23.1 Å². The van der Waals surface area contributed by atoms with Crippen LogP contribution >= 0.6 is 11.6 Å². The van der Waals surface area contributed by atoms with E-state index in [9.17, 15) is 17.9 Å². The molecule has 1 aliphatic rings. The summed E-state index contributed by atoms with van der Waals surface area (Å²) in [6, 6.07) is 3.23. The van der Waals surface area contributed by atoms with E-state index < -0.39 is 21.9 Å². The van der Waals surface area contributed by atoms with Crippen molar-refractivity contribution in [3.05, 3.63) is 29.0 Å². The predicted molar refractivity (Wildman–Crippen MR) is 70.0 cm³/mol. The van der Waals surface area contributed by atoms with Gasteiger partial charge in [-0.2, -0.15) is 4.31 Å². The van der Waals surface area contributed by atoms with Crippen LogP contribution in [-0.2, 0) is 10.0 Å². The lowest BCUT2D eigenvalue weighted by Crippen LogP contribution is -2.45. The van der Waals surface area contributed by atoms with Gasteiger partial charge in [0.15, 0.2) is 0 Å². The molecule has 0 saturated carbocycles. The zero-order chi connectivity index (χ0) is 14.2. The first-order chi connectivity index (χ1) is 8.82. The maximum atomic E-state index is 13.2. The van der Waals surface area contributed by atoms with Crippen molar-refractivity contribution in [2.45, 2.75) is 24.3 Å². The van der Waals surface area contributed by atoms with E-state index in [1.165, 1.54) is 6.07 Å². The molecule has 1 heterocycles. The third-order valence-electron chi connectivity index (χ3n) is 3.39. The molecule has 1 aromatic carbocycles. The van der Waals surface area contributed by atoms with E-state index in [1.54, 1.807) is 0 Å². The minimum absolute atomic E-state index is 0.0103. The smallest absolute Gasteiger partial charge is 0.244 e. The van der Waals surface area contributed by atoms with Crippen molar-refractivity contribution in [3.63, 3.8) is 0 Å². The van der Waals surface area contributed by atoms with Crippen molar-refractivity contribution >= 4 is 21.6 Å². The number of β-amino-alcohol motifs (C(OH)–C–C–N with tert-alkyl or cyclic N) is 1. The molecule has 2 atom stereocenters. The lowest BCUT2D eigenvalue weighted by molar-refractivity contribution is 0.0605. The summed E-state index contributed by atoms with van der Waals surface area (Å²) >= 11 is 5.83. The Morgan fingerprint density at radius 3 is 2.79 bits per heavy atom. The maximum absolute atomic E-state index is 13.2. The summed E-state index contributed by atoms with van der Waals surface area (Å²) in [7, 11) is -3.87. The average Bonchev–Trinajstić information content (AvgIpc) is 2.35. The molecule has 1 aliphatic heterocycles. The van der Waals surface area contributed by atoms with Gasteiger partial charge in [-0.15, -0.1) is 0 Å². The number of sulfonamides is 1.